The molecular formula is C15H12ClFN2O4. The average Bonchev–Trinajstić information content (AvgIpc) is 2.50. The molecule has 0 aliphatic carbocycles. The molecule has 1 N–H and O–H groups in total. The first-order chi connectivity index (χ1) is 10.9. The van der Waals surface area contributed by atoms with Crippen LogP contribution >= 0.6 is 11.6 Å². The van der Waals surface area contributed by atoms with E-state index in [4.69, 9.17) is 16.3 Å². The summed E-state index contributed by atoms with van der Waals surface area (Å²) < 4.78 is 18.8. The van der Waals surface area contributed by atoms with Gasteiger partial charge in [0.2, 0.25) is 0 Å². The summed E-state index contributed by atoms with van der Waals surface area (Å²) >= 11 is 5.63. The lowest BCUT2D eigenvalue weighted by atomic mass is 10.1. The second-order valence-corrected chi connectivity index (χ2v) is 4.89. The van der Waals surface area contributed by atoms with Gasteiger partial charge in [-0.2, -0.15) is 0 Å². The van der Waals surface area contributed by atoms with Crippen molar-refractivity contribution in [2.24, 2.45) is 0 Å². The topological polar surface area (TPSA) is 81.5 Å². The number of nitrogens with one attached hydrogen (secondary N) is 1. The van der Waals surface area contributed by atoms with E-state index in [9.17, 15) is 19.3 Å². The molecule has 1 amide bonds. The lowest BCUT2D eigenvalue weighted by molar-refractivity contribution is -0.385. The van der Waals surface area contributed by atoms with E-state index >= 15 is 0 Å². The molecule has 8 heteroatoms. The van der Waals surface area contributed by atoms with Gasteiger partial charge in [0, 0.05) is 16.7 Å². The van der Waals surface area contributed by atoms with E-state index < -0.39 is 16.6 Å². The lowest BCUT2D eigenvalue weighted by Crippen LogP contribution is -2.13. The van der Waals surface area contributed by atoms with Crippen molar-refractivity contribution in [2.45, 2.75) is 6.92 Å². The molecular weight excluding hydrogens is 327 g/mol. The third-order valence-corrected chi connectivity index (χ3v) is 3.13. The standard InChI is InChI=1S/C15H12ClFN2O4/c1-2-23-14-6-3-9(7-13(14)19(21)22)15(20)18-12-5-4-10(16)8-11(12)17/h3-8H,2H2,1H3,(H,18,20). The molecule has 0 radical (unpaired) electrons. The number of ether oxygens (including phenoxy) is 1. The molecule has 0 aromatic heterocycles. The Morgan fingerprint density at radius 1 is 1.35 bits per heavy atom. The largest absolute Gasteiger partial charge is 0.487 e. The van der Waals surface area contributed by atoms with Crippen LogP contribution in [-0.4, -0.2) is 17.4 Å². The van der Waals surface area contributed by atoms with Gasteiger partial charge in [-0.3, -0.25) is 14.9 Å². The van der Waals surface area contributed by atoms with E-state index in [1.165, 1.54) is 24.3 Å². The van der Waals surface area contributed by atoms with Gasteiger partial charge in [-0.1, -0.05) is 11.6 Å². The molecule has 0 aliphatic heterocycles. The predicted octanol–water partition coefficient (Wildman–Crippen LogP) is 4.04. The molecule has 0 unspecified atom stereocenters. The number of nitro groups is 1. The fourth-order valence-electron chi connectivity index (χ4n) is 1.86. The summed E-state index contributed by atoms with van der Waals surface area (Å²) in [7, 11) is 0. The van der Waals surface area contributed by atoms with Crippen LogP contribution in [0.3, 0.4) is 0 Å². The number of nitrogens with zero attached hydrogens (tertiary/aromatic N) is 1. The molecule has 0 atom stereocenters. The molecule has 0 spiro atoms. The van der Waals surface area contributed by atoms with Gasteiger partial charge in [0.15, 0.2) is 5.75 Å². The maximum absolute atomic E-state index is 13.7. The number of hydrogen-bond acceptors (Lipinski definition) is 4. The minimum atomic E-state index is -0.703. The Labute approximate surface area is 136 Å². The summed E-state index contributed by atoms with van der Waals surface area (Å²) in [4.78, 5) is 22.5. The van der Waals surface area contributed by atoms with E-state index in [0.29, 0.717) is 0 Å². The van der Waals surface area contributed by atoms with Gasteiger partial charge in [-0.15, -0.1) is 0 Å². The quantitative estimate of drug-likeness (QED) is 0.659. The van der Waals surface area contributed by atoms with Crippen molar-refractivity contribution < 1.29 is 18.8 Å². The Hall–Kier alpha value is -2.67. The molecule has 0 saturated heterocycles. The SMILES string of the molecule is CCOc1ccc(C(=O)Nc2ccc(Cl)cc2F)cc1[N+](=O)[O-]. The van der Waals surface area contributed by atoms with Crippen molar-refractivity contribution in [1.29, 1.82) is 0 Å². The molecule has 0 heterocycles. The van der Waals surface area contributed by atoms with Crippen molar-refractivity contribution in [3.63, 3.8) is 0 Å². The Kier molecular flexibility index (Phi) is 5.13. The number of carbonyl (C=O) groups is 1. The van der Waals surface area contributed by atoms with Crippen LogP contribution in [0, 0.1) is 15.9 Å². The summed E-state index contributed by atoms with van der Waals surface area (Å²) in [6, 6.07) is 7.54. The van der Waals surface area contributed by atoms with E-state index in [1.807, 2.05) is 0 Å². The van der Waals surface area contributed by atoms with Gasteiger partial charge in [-0.05, 0) is 37.3 Å². The fourth-order valence-corrected chi connectivity index (χ4v) is 2.02. The summed E-state index contributed by atoms with van der Waals surface area (Å²) in [5.41, 5.74) is -0.401. The summed E-state index contributed by atoms with van der Waals surface area (Å²) in [5.74, 6) is -1.32. The van der Waals surface area contributed by atoms with Crippen molar-refractivity contribution in [1.82, 2.24) is 0 Å². The van der Waals surface area contributed by atoms with Crippen LogP contribution in [0.15, 0.2) is 36.4 Å². The van der Waals surface area contributed by atoms with Crippen molar-refractivity contribution in [2.75, 3.05) is 11.9 Å². The highest BCUT2D eigenvalue weighted by Gasteiger charge is 2.19. The van der Waals surface area contributed by atoms with Crippen LogP contribution in [-0.2, 0) is 0 Å². The zero-order chi connectivity index (χ0) is 17.0. The third-order valence-electron chi connectivity index (χ3n) is 2.90. The normalized spacial score (nSPS) is 10.2. The molecule has 2 rings (SSSR count). The maximum atomic E-state index is 13.7. The van der Waals surface area contributed by atoms with Crippen molar-refractivity contribution in [3.05, 3.63) is 62.9 Å². The number of nitro benzene ring substituents is 1. The van der Waals surface area contributed by atoms with Crippen LogP contribution in [0.5, 0.6) is 5.75 Å². The zero-order valence-corrected chi connectivity index (χ0v) is 12.8. The number of amides is 1. The Balaban J connectivity index is 2.28. The van der Waals surface area contributed by atoms with E-state index in [2.05, 4.69) is 5.32 Å². The first-order valence-electron chi connectivity index (χ1n) is 6.60. The summed E-state index contributed by atoms with van der Waals surface area (Å²) in [6.45, 7) is 1.94. The van der Waals surface area contributed by atoms with E-state index in [1.54, 1.807) is 6.92 Å². The minimum Gasteiger partial charge on any atom is -0.487 e. The smallest absolute Gasteiger partial charge is 0.311 e. The van der Waals surface area contributed by atoms with Gasteiger partial charge >= 0.3 is 5.69 Å². The van der Waals surface area contributed by atoms with Gasteiger partial charge in [0.25, 0.3) is 5.91 Å². The predicted molar refractivity (Wildman–Crippen MR) is 83.6 cm³/mol. The highest BCUT2D eigenvalue weighted by molar-refractivity contribution is 6.30. The van der Waals surface area contributed by atoms with Crippen LogP contribution in [0.1, 0.15) is 17.3 Å². The van der Waals surface area contributed by atoms with E-state index in [0.717, 1.165) is 12.1 Å². The molecule has 0 aliphatic rings. The molecule has 2 aromatic carbocycles. The first-order valence-corrected chi connectivity index (χ1v) is 6.97. The number of benzene rings is 2. The third kappa shape index (κ3) is 3.95. The average molecular weight is 339 g/mol. The monoisotopic (exact) mass is 338 g/mol. The molecule has 2 aromatic rings. The lowest BCUT2D eigenvalue weighted by Gasteiger charge is -2.08. The second kappa shape index (κ2) is 7.06. The van der Waals surface area contributed by atoms with Gasteiger partial charge < -0.3 is 10.1 Å². The Bertz CT molecular complexity index is 767. The molecule has 23 heavy (non-hydrogen) atoms. The highest BCUT2D eigenvalue weighted by atomic mass is 35.5. The van der Waals surface area contributed by atoms with Gasteiger partial charge in [-0.25, -0.2) is 4.39 Å². The number of hydrogen-bond donors (Lipinski definition) is 1. The molecule has 6 nitrogen and oxygen atoms in total. The minimum absolute atomic E-state index is 0.00880. The second-order valence-electron chi connectivity index (χ2n) is 4.45. The van der Waals surface area contributed by atoms with Crippen molar-refractivity contribution in [3.8, 4) is 5.75 Å². The molecule has 0 fully saturated rings. The number of halogens is 2. The summed E-state index contributed by atoms with van der Waals surface area (Å²) in [6.07, 6.45) is 0. The Morgan fingerprint density at radius 3 is 2.70 bits per heavy atom. The van der Waals surface area contributed by atoms with Crippen LogP contribution in [0.2, 0.25) is 5.02 Å². The van der Waals surface area contributed by atoms with Crippen LogP contribution in [0.25, 0.3) is 0 Å². The molecule has 0 saturated carbocycles. The van der Waals surface area contributed by atoms with Gasteiger partial charge in [0.05, 0.1) is 17.2 Å². The van der Waals surface area contributed by atoms with Crippen LogP contribution in [0.4, 0.5) is 15.8 Å². The summed E-state index contributed by atoms with van der Waals surface area (Å²) in [5, 5.41) is 13.6. The van der Waals surface area contributed by atoms with Gasteiger partial charge in [0.1, 0.15) is 5.82 Å². The first kappa shape index (κ1) is 16.7. The molecule has 0 bridgehead atoms. The fraction of sp³-hybridized carbons (Fsp3) is 0.133. The Morgan fingerprint density at radius 2 is 2.09 bits per heavy atom. The number of carbonyl (C=O) groups excluding carboxylic acids is 1. The number of rotatable bonds is 5. The van der Waals surface area contributed by atoms with E-state index in [-0.39, 0.29) is 34.3 Å². The molecule has 120 valence electrons. The highest BCUT2D eigenvalue weighted by Crippen LogP contribution is 2.28. The van der Waals surface area contributed by atoms with Crippen LogP contribution < -0.4 is 10.1 Å². The maximum Gasteiger partial charge on any atom is 0.311 e. The number of anilines is 1. The van der Waals surface area contributed by atoms with Crippen molar-refractivity contribution >= 4 is 28.9 Å². The zero-order valence-electron chi connectivity index (χ0n) is 12.0.